The summed E-state index contributed by atoms with van der Waals surface area (Å²) in [6.07, 6.45) is 1.83. The van der Waals surface area contributed by atoms with Gasteiger partial charge in [-0.3, -0.25) is 9.59 Å². The molecule has 2 aromatic carbocycles. The molecule has 192 valence electrons. The average Bonchev–Trinajstić information content (AvgIpc) is 2.92. The van der Waals surface area contributed by atoms with E-state index in [1.165, 1.54) is 12.1 Å². The Morgan fingerprint density at radius 2 is 1.81 bits per heavy atom. The van der Waals surface area contributed by atoms with Crippen LogP contribution >= 0.6 is 11.6 Å². The molecule has 0 saturated heterocycles. The number of nitrogens with zero attached hydrogens (tertiary/aromatic N) is 4. The molecule has 0 bridgehead atoms. The Balaban J connectivity index is 1.44. The standard InChI is InChI=1S/C27H28ClN5O4/c1-4-18-16-25(34)33(32-26(18)19-7-11-22(36-2)23(15-19)37-3)14-13-17-5-8-20(9-6-17)29-27(35)21-10-12-24(28)31-30-21/h5-12,15,18H,4,13-14,16H2,1-3H3,(H,29,35). The first-order valence-electron chi connectivity index (χ1n) is 11.9. The molecule has 9 nitrogen and oxygen atoms in total. The summed E-state index contributed by atoms with van der Waals surface area (Å²) >= 11 is 5.72. The molecule has 0 aliphatic carbocycles. The molecule has 2 heterocycles. The number of ether oxygens (including phenoxy) is 2. The predicted molar refractivity (Wildman–Crippen MR) is 141 cm³/mol. The number of rotatable bonds is 9. The summed E-state index contributed by atoms with van der Waals surface area (Å²) < 4.78 is 10.8. The number of hydrazone groups is 1. The summed E-state index contributed by atoms with van der Waals surface area (Å²) in [4.78, 5) is 25.1. The first-order chi connectivity index (χ1) is 17.9. The van der Waals surface area contributed by atoms with Gasteiger partial charge in [-0.2, -0.15) is 5.10 Å². The zero-order valence-corrected chi connectivity index (χ0v) is 21.7. The van der Waals surface area contributed by atoms with E-state index in [0.29, 0.717) is 36.6 Å². The van der Waals surface area contributed by atoms with Gasteiger partial charge in [0.05, 0.1) is 19.9 Å². The Morgan fingerprint density at radius 3 is 2.46 bits per heavy atom. The second-order valence-corrected chi connectivity index (χ2v) is 8.91. The summed E-state index contributed by atoms with van der Waals surface area (Å²) in [6, 6.07) is 16.1. The predicted octanol–water partition coefficient (Wildman–Crippen LogP) is 4.60. The van der Waals surface area contributed by atoms with Gasteiger partial charge in [0.1, 0.15) is 0 Å². The lowest BCUT2D eigenvalue weighted by molar-refractivity contribution is -0.132. The lowest BCUT2D eigenvalue weighted by atomic mass is 9.89. The van der Waals surface area contributed by atoms with Crippen LogP contribution in [-0.2, 0) is 11.2 Å². The van der Waals surface area contributed by atoms with Gasteiger partial charge in [-0.15, -0.1) is 10.2 Å². The van der Waals surface area contributed by atoms with E-state index in [1.807, 2.05) is 30.3 Å². The van der Waals surface area contributed by atoms with Crippen molar-refractivity contribution in [2.75, 3.05) is 26.1 Å². The molecule has 1 unspecified atom stereocenters. The van der Waals surface area contributed by atoms with Crippen LogP contribution in [0.4, 0.5) is 5.69 Å². The first-order valence-corrected chi connectivity index (χ1v) is 12.3. The van der Waals surface area contributed by atoms with Gasteiger partial charge in [0.2, 0.25) is 5.91 Å². The van der Waals surface area contributed by atoms with Crippen LogP contribution in [0.2, 0.25) is 5.15 Å². The molecule has 0 spiro atoms. The quantitative estimate of drug-likeness (QED) is 0.441. The van der Waals surface area contributed by atoms with Gasteiger partial charge >= 0.3 is 0 Å². The number of carbonyl (C=O) groups is 2. The highest BCUT2D eigenvalue weighted by molar-refractivity contribution is 6.29. The maximum absolute atomic E-state index is 12.8. The highest BCUT2D eigenvalue weighted by Gasteiger charge is 2.29. The third kappa shape index (κ3) is 6.24. The normalized spacial score (nSPS) is 15.2. The molecule has 2 amide bonds. The third-order valence-corrected chi connectivity index (χ3v) is 6.39. The fraction of sp³-hybridized carbons (Fsp3) is 0.296. The minimum Gasteiger partial charge on any atom is -0.493 e. The molecule has 1 N–H and O–H groups in total. The van der Waals surface area contributed by atoms with Gasteiger partial charge in [0, 0.05) is 30.1 Å². The minimum absolute atomic E-state index is 0.00374. The largest absolute Gasteiger partial charge is 0.493 e. The number of amides is 2. The second kappa shape index (κ2) is 11.8. The summed E-state index contributed by atoms with van der Waals surface area (Å²) in [7, 11) is 3.19. The van der Waals surface area contributed by atoms with Crippen LogP contribution in [0.15, 0.2) is 59.7 Å². The topological polar surface area (TPSA) is 106 Å². The zero-order chi connectivity index (χ0) is 26.4. The lowest BCUT2D eigenvalue weighted by Crippen LogP contribution is -2.38. The summed E-state index contributed by atoms with van der Waals surface area (Å²) in [5, 5.41) is 16.8. The van der Waals surface area contributed by atoms with Crippen molar-refractivity contribution >= 4 is 34.8 Å². The van der Waals surface area contributed by atoms with E-state index in [4.69, 9.17) is 26.2 Å². The highest BCUT2D eigenvalue weighted by Crippen LogP contribution is 2.31. The van der Waals surface area contributed by atoms with Gasteiger partial charge < -0.3 is 14.8 Å². The van der Waals surface area contributed by atoms with Gasteiger partial charge in [-0.1, -0.05) is 30.7 Å². The first kappa shape index (κ1) is 26.1. The Labute approximate surface area is 220 Å². The monoisotopic (exact) mass is 521 g/mol. The van der Waals surface area contributed by atoms with Gasteiger partial charge in [-0.25, -0.2) is 5.01 Å². The van der Waals surface area contributed by atoms with Gasteiger partial charge in [-0.05, 0) is 60.9 Å². The zero-order valence-electron chi connectivity index (χ0n) is 20.9. The number of methoxy groups -OCH3 is 2. The second-order valence-electron chi connectivity index (χ2n) is 8.52. The SMILES string of the molecule is CCC1CC(=O)N(CCc2ccc(NC(=O)c3ccc(Cl)nn3)cc2)N=C1c1ccc(OC)c(OC)c1. The van der Waals surface area contributed by atoms with Crippen molar-refractivity contribution in [3.05, 3.63) is 76.6 Å². The Bertz CT molecular complexity index is 1300. The van der Waals surface area contributed by atoms with Crippen molar-refractivity contribution in [3.8, 4) is 11.5 Å². The summed E-state index contributed by atoms with van der Waals surface area (Å²) in [5.41, 5.74) is 3.58. The van der Waals surface area contributed by atoms with E-state index in [0.717, 1.165) is 23.3 Å². The number of hydrogen-bond donors (Lipinski definition) is 1. The molecule has 1 atom stereocenters. The molecule has 1 aromatic heterocycles. The van der Waals surface area contributed by atoms with Crippen molar-refractivity contribution in [3.63, 3.8) is 0 Å². The maximum atomic E-state index is 12.8. The van der Waals surface area contributed by atoms with Crippen LogP contribution < -0.4 is 14.8 Å². The molecular formula is C27H28ClN5O4. The van der Waals surface area contributed by atoms with E-state index in [9.17, 15) is 9.59 Å². The van der Waals surface area contributed by atoms with Crippen molar-refractivity contribution in [2.24, 2.45) is 11.0 Å². The smallest absolute Gasteiger partial charge is 0.276 e. The van der Waals surface area contributed by atoms with Crippen LogP contribution in [-0.4, -0.2) is 53.5 Å². The Hall–Kier alpha value is -3.98. The van der Waals surface area contributed by atoms with E-state index in [1.54, 1.807) is 31.4 Å². The molecule has 1 aliphatic heterocycles. The van der Waals surface area contributed by atoms with Crippen LogP contribution in [0, 0.1) is 5.92 Å². The van der Waals surface area contributed by atoms with E-state index < -0.39 is 0 Å². The van der Waals surface area contributed by atoms with Crippen LogP contribution in [0.5, 0.6) is 11.5 Å². The molecule has 3 aromatic rings. The lowest BCUT2D eigenvalue weighted by Gasteiger charge is -2.29. The highest BCUT2D eigenvalue weighted by atomic mass is 35.5. The number of benzene rings is 2. The third-order valence-electron chi connectivity index (χ3n) is 6.18. The average molecular weight is 522 g/mol. The minimum atomic E-state index is -0.377. The summed E-state index contributed by atoms with van der Waals surface area (Å²) in [6.45, 7) is 2.50. The molecule has 0 radical (unpaired) electrons. The van der Waals surface area contributed by atoms with Crippen molar-refractivity contribution < 1.29 is 19.1 Å². The van der Waals surface area contributed by atoms with E-state index in [2.05, 4.69) is 22.4 Å². The van der Waals surface area contributed by atoms with Crippen LogP contribution in [0.1, 0.15) is 41.4 Å². The molecule has 4 rings (SSSR count). The van der Waals surface area contributed by atoms with E-state index in [-0.39, 0.29) is 28.6 Å². The maximum Gasteiger partial charge on any atom is 0.276 e. The molecular weight excluding hydrogens is 494 g/mol. The van der Waals surface area contributed by atoms with Crippen molar-refractivity contribution in [2.45, 2.75) is 26.2 Å². The van der Waals surface area contributed by atoms with Gasteiger partial charge in [0.25, 0.3) is 5.91 Å². The molecule has 37 heavy (non-hydrogen) atoms. The molecule has 1 aliphatic rings. The number of halogens is 1. The number of aromatic nitrogens is 2. The number of hydrogen-bond acceptors (Lipinski definition) is 7. The van der Waals surface area contributed by atoms with Crippen LogP contribution in [0.25, 0.3) is 0 Å². The van der Waals surface area contributed by atoms with Crippen LogP contribution in [0.3, 0.4) is 0 Å². The number of nitrogens with one attached hydrogen (secondary N) is 1. The number of anilines is 1. The molecule has 0 saturated carbocycles. The summed E-state index contributed by atoms with van der Waals surface area (Å²) in [5.74, 6) is 0.929. The fourth-order valence-corrected chi connectivity index (χ4v) is 4.20. The fourth-order valence-electron chi connectivity index (χ4n) is 4.10. The van der Waals surface area contributed by atoms with E-state index >= 15 is 0 Å². The van der Waals surface area contributed by atoms with Crippen molar-refractivity contribution in [1.29, 1.82) is 0 Å². The Kier molecular flexibility index (Phi) is 8.35. The molecule has 10 heteroatoms. The van der Waals surface area contributed by atoms with Crippen molar-refractivity contribution in [1.82, 2.24) is 15.2 Å². The van der Waals surface area contributed by atoms with Gasteiger partial charge in [0.15, 0.2) is 22.3 Å². The Morgan fingerprint density at radius 1 is 1.05 bits per heavy atom. The number of carbonyl (C=O) groups excluding carboxylic acids is 2. The molecule has 0 fully saturated rings.